The lowest BCUT2D eigenvalue weighted by molar-refractivity contribution is -0.193. The van der Waals surface area contributed by atoms with Gasteiger partial charge in [0.25, 0.3) is 11.8 Å². The van der Waals surface area contributed by atoms with E-state index in [0.29, 0.717) is 0 Å². The van der Waals surface area contributed by atoms with E-state index >= 15 is 0 Å². The summed E-state index contributed by atoms with van der Waals surface area (Å²) in [6.45, 7) is -0.505. The van der Waals surface area contributed by atoms with Crippen LogP contribution in [0, 0.1) is 17.8 Å². The third-order valence-electron chi connectivity index (χ3n) is 4.88. The SMILES string of the molecule is CC(COCC(CO)COCCC(F)(F)CC(F)(F)F)COCC(CO)COCCC(F)(F)CC(F)(F)F. The van der Waals surface area contributed by atoms with Crippen LogP contribution in [0.25, 0.3) is 0 Å². The minimum Gasteiger partial charge on any atom is -0.396 e. The first-order chi connectivity index (χ1) is 17.4. The summed E-state index contributed by atoms with van der Waals surface area (Å²) >= 11 is 0. The van der Waals surface area contributed by atoms with Gasteiger partial charge in [-0.05, 0) is 0 Å². The van der Waals surface area contributed by atoms with Gasteiger partial charge in [-0.3, -0.25) is 0 Å². The van der Waals surface area contributed by atoms with Crippen LogP contribution in [-0.4, -0.2) is 100 Å². The van der Waals surface area contributed by atoms with Crippen LogP contribution >= 0.6 is 0 Å². The van der Waals surface area contributed by atoms with Gasteiger partial charge in [-0.15, -0.1) is 0 Å². The van der Waals surface area contributed by atoms with E-state index in [1.54, 1.807) is 6.92 Å². The summed E-state index contributed by atoms with van der Waals surface area (Å²) in [6, 6.07) is 0. The standard InChI is InChI=1S/C22H36F10O6/c1-16(8-37-12-17(6-33)10-35-4-2-19(23,24)14-21(27,28)29)9-38-13-18(7-34)11-36-5-3-20(25,26)15-22(30,31)32/h16-18,33-34H,2-15H2,1H3. The molecule has 0 radical (unpaired) electrons. The fourth-order valence-electron chi connectivity index (χ4n) is 2.93. The molecule has 0 aliphatic rings. The topological polar surface area (TPSA) is 77.4 Å². The molecule has 2 atom stereocenters. The van der Waals surface area contributed by atoms with Gasteiger partial charge in [0.2, 0.25) is 0 Å². The van der Waals surface area contributed by atoms with Gasteiger partial charge >= 0.3 is 12.4 Å². The number of aliphatic hydroxyl groups excluding tert-OH is 2. The first kappa shape index (κ1) is 37.1. The molecule has 0 aromatic heterocycles. The second kappa shape index (κ2) is 17.7. The number of aliphatic hydroxyl groups is 2. The Kier molecular flexibility index (Phi) is 17.3. The van der Waals surface area contributed by atoms with Gasteiger partial charge in [0.05, 0.1) is 66.1 Å². The number of halogens is 10. The summed E-state index contributed by atoms with van der Waals surface area (Å²) in [5, 5.41) is 18.6. The van der Waals surface area contributed by atoms with E-state index in [4.69, 9.17) is 18.9 Å². The molecule has 0 aliphatic heterocycles. The molecule has 0 aliphatic carbocycles. The largest absolute Gasteiger partial charge is 0.396 e. The minimum atomic E-state index is -5.00. The summed E-state index contributed by atoms with van der Waals surface area (Å²) in [7, 11) is 0. The fourth-order valence-corrected chi connectivity index (χ4v) is 2.93. The number of ether oxygens (including phenoxy) is 4. The summed E-state index contributed by atoms with van der Waals surface area (Å²) in [5.41, 5.74) is 0. The van der Waals surface area contributed by atoms with Crippen molar-refractivity contribution >= 4 is 0 Å². The molecule has 0 spiro atoms. The zero-order valence-electron chi connectivity index (χ0n) is 20.9. The van der Waals surface area contributed by atoms with E-state index in [0.717, 1.165) is 0 Å². The molecule has 0 heterocycles. The average molecular weight is 587 g/mol. The van der Waals surface area contributed by atoms with Gasteiger partial charge < -0.3 is 29.2 Å². The van der Waals surface area contributed by atoms with E-state index in [9.17, 15) is 54.1 Å². The summed E-state index contributed by atoms with van der Waals surface area (Å²) in [5.74, 6) is -9.29. The monoisotopic (exact) mass is 586 g/mol. The highest BCUT2D eigenvalue weighted by Crippen LogP contribution is 2.34. The van der Waals surface area contributed by atoms with Crippen LogP contribution < -0.4 is 0 Å². The smallest absolute Gasteiger partial charge is 0.394 e. The Morgan fingerprint density at radius 2 is 0.842 bits per heavy atom. The van der Waals surface area contributed by atoms with Crippen LogP contribution in [-0.2, 0) is 18.9 Å². The van der Waals surface area contributed by atoms with Gasteiger partial charge in [-0.25, -0.2) is 17.6 Å². The molecule has 0 aromatic rings. The van der Waals surface area contributed by atoms with Crippen LogP contribution in [0.1, 0.15) is 32.6 Å². The Morgan fingerprint density at radius 1 is 0.526 bits per heavy atom. The van der Waals surface area contributed by atoms with Crippen molar-refractivity contribution in [2.24, 2.45) is 17.8 Å². The van der Waals surface area contributed by atoms with Crippen molar-refractivity contribution in [2.75, 3.05) is 66.1 Å². The van der Waals surface area contributed by atoms with E-state index in [1.165, 1.54) is 0 Å². The van der Waals surface area contributed by atoms with Crippen LogP contribution in [0.5, 0.6) is 0 Å². The van der Waals surface area contributed by atoms with E-state index in [-0.39, 0.29) is 45.6 Å². The van der Waals surface area contributed by atoms with Crippen molar-refractivity contribution in [2.45, 2.75) is 56.8 Å². The van der Waals surface area contributed by atoms with Crippen molar-refractivity contribution in [3.63, 3.8) is 0 Å². The summed E-state index contributed by atoms with van der Waals surface area (Å²) in [4.78, 5) is 0. The normalized spacial score (nSPS) is 16.0. The molecular formula is C22H36F10O6. The molecule has 0 amide bonds. The quantitative estimate of drug-likeness (QED) is 0.139. The first-order valence-electron chi connectivity index (χ1n) is 11.8. The lowest BCUT2D eigenvalue weighted by Crippen LogP contribution is -2.28. The second-order valence-electron chi connectivity index (χ2n) is 9.22. The molecule has 2 N–H and O–H groups in total. The Hall–Kier alpha value is -0.940. The van der Waals surface area contributed by atoms with E-state index in [1.807, 2.05) is 0 Å². The molecule has 38 heavy (non-hydrogen) atoms. The molecule has 0 saturated heterocycles. The zero-order chi connectivity index (χ0) is 29.5. The molecule has 0 bridgehead atoms. The minimum absolute atomic E-state index is 0.0220. The zero-order valence-corrected chi connectivity index (χ0v) is 20.9. The Labute approximate surface area is 214 Å². The van der Waals surface area contributed by atoms with E-state index in [2.05, 4.69) is 0 Å². The Morgan fingerprint density at radius 3 is 1.13 bits per heavy atom. The molecule has 0 fully saturated rings. The molecule has 230 valence electrons. The molecule has 16 heteroatoms. The van der Waals surface area contributed by atoms with Crippen molar-refractivity contribution in [1.82, 2.24) is 0 Å². The third-order valence-corrected chi connectivity index (χ3v) is 4.88. The van der Waals surface area contributed by atoms with Crippen molar-refractivity contribution in [3.8, 4) is 0 Å². The highest BCUT2D eigenvalue weighted by atomic mass is 19.4. The maximum atomic E-state index is 13.2. The molecule has 6 nitrogen and oxygen atoms in total. The molecule has 0 aromatic carbocycles. The highest BCUT2D eigenvalue weighted by Gasteiger charge is 2.44. The first-order valence-corrected chi connectivity index (χ1v) is 11.8. The fraction of sp³-hybridized carbons (Fsp3) is 1.00. The third kappa shape index (κ3) is 21.9. The Bertz CT molecular complexity index is 554. The number of hydrogen-bond acceptors (Lipinski definition) is 6. The lowest BCUT2D eigenvalue weighted by Gasteiger charge is -2.21. The predicted octanol–water partition coefficient (Wildman–Crippen LogP) is 4.86. The van der Waals surface area contributed by atoms with Gasteiger partial charge in [0.15, 0.2) is 0 Å². The van der Waals surface area contributed by atoms with Gasteiger partial charge in [-0.1, -0.05) is 6.92 Å². The highest BCUT2D eigenvalue weighted by molar-refractivity contribution is 4.72. The average Bonchev–Trinajstić information content (AvgIpc) is 2.73. The van der Waals surface area contributed by atoms with Crippen molar-refractivity contribution in [1.29, 1.82) is 0 Å². The molecule has 0 rings (SSSR count). The predicted molar refractivity (Wildman–Crippen MR) is 114 cm³/mol. The number of hydrogen-bond donors (Lipinski definition) is 2. The maximum Gasteiger partial charge on any atom is 0.394 e. The van der Waals surface area contributed by atoms with Crippen molar-refractivity contribution < 1.29 is 73.1 Å². The molecule has 0 saturated carbocycles. The van der Waals surface area contributed by atoms with Crippen LogP contribution in [0.15, 0.2) is 0 Å². The molecule has 2 unspecified atom stereocenters. The Balaban J connectivity index is 4.04. The maximum absolute atomic E-state index is 13.2. The van der Waals surface area contributed by atoms with Crippen LogP contribution in [0.3, 0.4) is 0 Å². The van der Waals surface area contributed by atoms with Crippen LogP contribution in [0.2, 0.25) is 0 Å². The molecular weight excluding hydrogens is 550 g/mol. The van der Waals surface area contributed by atoms with Gasteiger partial charge in [0, 0.05) is 30.6 Å². The summed E-state index contributed by atoms with van der Waals surface area (Å²) in [6.07, 6.45) is -16.7. The van der Waals surface area contributed by atoms with Crippen LogP contribution in [0.4, 0.5) is 43.9 Å². The second-order valence-corrected chi connectivity index (χ2v) is 9.22. The van der Waals surface area contributed by atoms with Crippen molar-refractivity contribution in [3.05, 3.63) is 0 Å². The number of alkyl halides is 10. The van der Waals surface area contributed by atoms with Gasteiger partial charge in [-0.2, -0.15) is 26.3 Å². The van der Waals surface area contributed by atoms with Gasteiger partial charge in [0.1, 0.15) is 12.8 Å². The number of rotatable bonds is 22. The van der Waals surface area contributed by atoms with E-state index < -0.39 is 88.1 Å². The summed E-state index contributed by atoms with van der Waals surface area (Å²) < 4.78 is 146. The lowest BCUT2D eigenvalue weighted by atomic mass is 10.1.